The lowest BCUT2D eigenvalue weighted by Crippen LogP contribution is -2.38. The Balaban J connectivity index is 1.44. The number of allylic oxidation sites excluding steroid dienone is 1. The smallest absolute Gasteiger partial charge is 0.101 e. The third-order valence-corrected chi connectivity index (χ3v) is 7.72. The molecule has 1 saturated heterocycles. The van der Waals surface area contributed by atoms with Crippen molar-refractivity contribution in [3.63, 3.8) is 0 Å². The van der Waals surface area contributed by atoms with E-state index in [2.05, 4.69) is 51.7 Å². The molecule has 4 heteroatoms. The minimum absolute atomic E-state index is 0.799. The van der Waals surface area contributed by atoms with Gasteiger partial charge in [-0.2, -0.15) is 0 Å². The van der Waals surface area contributed by atoms with Crippen molar-refractivity contribution in [2.45, 2.75) is 48.1 Å². The summed E-state index contributed by atoms with van der Waals surface area (Å²) in [5.74, 6) is 0. The van der Waals surface area contributed by atoms with Crippen LogP contribution in [0.5, 0.6) is 0 Å². The number of pyridine rings is 1. The number of benzene rings is 1. The van der Waals surface area contributed by atoms with Crippen LogP contribution < -0.4 is 0 Å². The van der Waals surface area contributed by atoms with E-state index in [9.17, 15) is 0 Å². The molecular weight excluding hydrogens is 368 g/mol. The SMILES string of the molecule is C1=C(c2csc3ccc(Sc4ccccn4)cc23)CCC2CCCCN2C1. The van der Waals surface area contributed by atoms with Gasteiger partial charge in [-0.05, 0) is 79.1 Å². The fraction of sp³-hybridized carbons (Fsp3) is 0.348. The van der Waals surface area contributed by atoms with E-state index in [1.165, 1.54) is 59.2 Å². The van der Waals surface area contributed by atoms with Gasteiger partial charge in [0.1, 0.15) is 5.03 Å². The van der Waals surface area contributed by atoms with Crippen LogP contribution in [0.1, 0.15) is 37.7 Å². The molecule has 5 rings (SSSR count). The zero-order valence-electron chi connectivity index (χ0n) is 15.4. The highest BCUT2D eigenvalue weighted by molar-refractivity contribution is 7.99. The molecule has 0 N–H and O–H groups in total. The molecule has 2 aliphatic heterocycles. The van der Waals surface area contributed by atoms with Gasteiger partial charge in [0.15, 0.2) is 0 Å². The topological polar surface area (TPSA) is 16.1 Å². The number of fused-ring (bicyclic) bond motifs is 2. The molecule has 0 saturated carbocycles. The number of rotatable bonds is 3. The van der Waals surface area contributed by atoms with Crippen LogP contribution >= 0.6 is 23.1 Å². The second-order valence-electron chi connectivity index (χ2n) is 7.49. The molecule has 0 bridgehead atoms. The van der Waals surface area contributed by atoms with Crippen LogP contribution in [0.15, 0.2) is 64.0 Å². The zero-order valence-corrected chi connectivity index (χ0v) is 17.1. The van der Waals surface area contributed by atoms with Crippen LogP contribution in [-0.2, 0) is 0 Å². The maximum absolute atomic E-state index is 4.46. The largest absolute Gasteiger partial charge is 0.297 e. The van der Waals surface area contributed by atoms with Gasteiger partial charge in [0, 0.05) is 33.8 Å². The molecule has 1 aromatic carbocycles. The van der Waals surface area contributed by atoms with Crippen molar-refractivity contribution in [2.75, 3.05) is 13.1 Å². The third kappa shape index (κ3) is 3.71. The van der Waals surface area contributed by atoms with Crippen LogP contribution in [0, 0.1) is 0 Å². The highest BCUT2D eigenvalue weighted by Gasteiger charge is 2.24. The highest BCUT2D eigenvalue weighted by atomic mass is 32.2. The van der Waals surface area contributed by atoms with E-state index < -0.39 is 0 Å². The van der Waals surface area contributed by atoms with E-state index in [0.717, 1.165) is 17.6 Å². The molecule has 1 fully saturated rings. The fourth-order valence-electron chi connectivity index (χ4n) is 4.37. The Bertz CT molecular complexity index is 961. The van der Waals surface area contributed by atoms with Gasteiger partial charge in [-0.25, -0.2) is 4.98 Å². The summed E-state index contributed by atoms with van der Waals surface area (Å²) in [5, 5.41) is 4.84. The summed E-state index contributed by atoms with van der Waals surface area (Å²) in [6.07, 6.45) is 11.1. The third-order valence-electron chi connectivity index (χ3n) is 5.82. The summed E-state index contributed by atoms with van der Waals surface area (Å²) in [6.45, 7) is 2.41. The molecule has 3 aromatic rings. The van der Waals surface area contributed by atoms with Crippen molar-refractivity contribution in [1.29, 1.82) is 0 Å². The molecule has 2 nitrogen and oxygen atoms in total. The van der Waals surface area contributed by atoms with E-state index in [4.69, 9.17) is 0 Å². The molecule has 27 heavy (non-hydrogen) atoms. The minimum Gasteiger partial charge on any atom is -0.297 e. The number of piperidine rings is 1. The molecular formula is C23H24N2S2. The monoisotopic (exact) mass is 392 g/mol. The van der Waals surface area contributed by atoms with E-state index in [0.29, 0.717) is 0 Å². The van der Waals surface area contributed by atoms with Crippen molar-refractivity contribution in [3.8, 4) is 0 Å². The molecule has 1 atom stereocenters. The molecule has 2 aromatic heterocycles. The summed E-state index contributed by atoms with van der Waals surface area (Å²) < 4.78 is 1.39. The molecule has 0 amide bonds. The average molecular weight is 393 g/mol. The van der Waals surface area contributed by atoms with Gasteiger partial charge < -0.3 is 0 Å². The number of aromatic nitrogens is 1. The maximum Gasteiger partial charge on any atom is 0.101 e. The van der Waals surface area contributed by atoms with Crippen LogP contribution in [-0.4, -0.2) is 29.0 Å². The van der Waals surface area contributed by atoms with Crippen molar-refractivity contribution in [1.82, 2.24) is 9.88 Å². The van der Waals surface area contributed by atoms with Gasteiger partial charge in [0.2, 0.25) is 0 Å². The molecule has 1 unspecified atom stereocenters. The Morgan fingerprint density at radius 1 is 1.11 bits per heavy atom. The van der Waals surface area contributed by atoms with Crippen molar-refractivity contribution < 1.29 is 0 Å². The Hall–Kier alpha value is -1.62. The standard InChI is InChI=1S/C23H24N2S2/c1-3-12-24-23(6-1)27-19-9-10-22-20(15-19)21(16-26-22)17-7-8-18-5-2-4-13-25(18)14-11-17/h1,3,6,9-12,15-16,18H,2,4-5,7-8,13-14H2. The van der Waals surface area contributed by atoms with Crippen LogP contribution in [0.3, 0.4) is 0 Å². The summed E-state index contributed by atoms with van der Waals surface area (Å²) in [7, 11) is 0. The Kier molecular flexibility index (Phi) is 5.04. The maximum atomic E-state index is 4.46. The Labute approximate surface area is 169 Å². The fourth-order valence-corrected chi connectivity index (χ4v) is 6.15. The predicted molar refractivity (Wildman–Crippen MR) is 117 cm³/mol. The first-order valence-electron chi connectivity index (χ1n) is 9.90. The number of nitrogens with zero attached hydrogens (tertiary/aromatic N) is 2. The minimum atomic E-state index is 0.799. The van der Waals surface area contributed by atoms with Gasteiger partial charge in [0.25, 0.3) is 0 Å². The van der Waals surface area contributed by atoms with Gasteiger partial charge in [-0.1, -0.05) is 30.3 Å². The second kappa shape index (κ2) is 7.78. The van der Waals surface area contributed by atoms with Gasteiger partial charge >= 0.3 is 0 Å². The first kappa shape index (κ1) is 17.5. The van der Waals surface area contributed by atoms with E-state index in [-0.39, 0.29) is 0 Å². The summed E-state index contributed by atoms with van der Waals surface area (Å²) >= 11 is 3.62. The van der Waals surface area contributed by atoms with Gasteiger partial charge in [0.05, 0.1) is 0 Å². The predicted octanol–water partition coefficient (Wildman–Crippen LogP) is 6.48. The molecule has 0 aliphatic carbocycles. The summed E-state index contributed by atoms with van der Waals surface area (Å²) in [5.41, 5.74) is 3.01. The average Bonchev–Trinajstić information content (AvgIpc) is 3.00. The lowest BCUT2D eigenvalue weighted by Gasteiger charge is -2.33. The van der Waals surface area contributed by atoms with Gasteiger partial charge in [-0.15, -0.1) is 11.3 Å². The van der Waals surface area contributed by atoms with Gasteiger partial charge in [-0.3, -0.25) is 4.90 Å². The summed E-state index contributed by atoms with van der Waals surface area (Å²) in [6, 6.07) is 13.8. The highest BCUT2D eigenvalue weighted by Crippen LogP contribution is 2.38. The van der Waals surface area contributed by atoms with E-state index in [1.54, 1.807) is 17.3 Å². The first-order chi connectivity index (χ1) is 13.4. The summed E-state index contributed by atoms with van der Waals surface area (Å²) in [4.78, 5) is 8.43. The Morgan fingerprint density at radius 2 is 2.11 bits per heavy atom. The normalized spacial score (nSPS) is 20.9. The Morgan fingerprint density at radius 3 is 3.04 bits per heavy atom. The van der Waals surface area contributed by atoms with Crippen molar-refractivity contribution in [3.05, 3.63) is 59.6 Å². The number of hydrogen-bond acceptors (Lipinski definition) is 4. The van der Waals surface area contributed by atoms with Crippen LogP contribution in [0.25, 0.3) is 15.7 Å². The molecule has 2 aliphatic rings. The van der Waals surface area contributed by atoms with Crippen molar-refractivity contribution >= 4 is 38.8 Å². The molecule has 0 radical (unpaired) electrons. The quantitative estimate of drug-likeness (QED) is 0.507. The van der Waals surface area contributed by atoms with Crippen LogP contribution in [0.4, 0.5) is 0 Å². The second-order valence-corrected chi connectivity index (χ2v) is 9.49. The molecule has 138 valence electrons. The molecule has 0 spiro atoms. The van der Waals surface area contributed by atoms with Crippen molar-refractivity contribution in [2.24, 2.45) is 0 Å². The zero-order chi connectivity index (χ0) is 18.1. The van der Waals surface area contributed by atoms with Crippen LogP contribution in [0.2, 0.25) is 0 Å². The lowest BCUT2D eigenvalue weighted by molar-refractivity contribution is 0.161. The van der Waals surface area contributed by atoms with E-state index in [1.807, 2.05) is 23.6 Å². The van der Waals surface area contributed by atoms with E-state index >= 15 is 0 Å². The number of thiophene rings is 1. The lowest BCUT2D eigenvalue weighted by atomic mass is 9.95. The molecule has 4 heterocycles. The number of hydrogen-bond donors (Lipinski definition) is 0. The first-order valence-corrected chi connectivity index (χ1v) is 11.6.